The summed E-state index contributed by atoms with van der Waals surface area (Å²) in [6.45, 7) is 29.6. The van der Waals surface area contributed by atoms with Crippen LogP contribution in [-0.4, -0.2) is 268 Å². The van der Waals surface area contributed by atoms with Gasteiger partial charge in [-0.15, -0.1) is 0 Å². The van der Waals surface area contributed by atoms with Crippen LogP contribution in [0.25, 0.3) is 0 Å². The van der Waals surface area contributed by atoms with Gasteiger partial charge in [-0.1, -0.05) is 103 Å². The molecular formula is C110H164N20. The first kappa shape index (κ1) is 96.8. The van der Waals surface area contributed by atoms with Crippen LogP contribution in [0.15, 0.2) is 146 Å². The molecule has 704 valence electrons. The van der Waals surface area contributed by atoms with E-state index in [-0.39, 0.29) is 29.7 Å². The largest absolute Gasteiger partial charge is 0.369 e. The molecule has 14 aliphatic rings. The molecule has 0 unspecified atom stereocenters. The van der Waals surface area contributed by atoms with Crippen LogP contribution in [0, 0.1) is 0 Å². The van der Waals surface area contributed by atoms with Crippen LogP contribution in [0.5, 0.6) is 0 Å². The summed E-state index contributed by atoms with van der Waals surface area (Å²) in [4.78, 5) is 50.3. The number of nitrogens with zero attached hydrogens (tertiary/aromatic N) is 16. The van der Waals surface area contributed by atoms with Crippen LogP contribution < -0.4 is 40.9 Å². The predicted octanol–water partition coefficient (Wildman–Crippen LogP) is 15.8. The zero-order valence-corrected chi connectivity index (χ0v) is 77.6. The van der Waals surface area contributed by atoms with Gasteiger partial charge in [0.15, 0.2) is 0 Å². The van der Waals surface area contributed by atoms with E-state index >= 15 is 0 Å². The van der Waals surface area contributed by atoms with Crippen molar-refractivity contribution in [1.82, 2.24) is 80.4 Å². The van der Waals surface area contributed by atoms with Gasteiger partial charge in [0.1, 0.15) is 0 Å². The van der Waals surface area contributed by atoms with Crippen LogP contribution in [-0.2, 0) is 77.5 Å². The van der Waals surface area contributed by atoms with E-state index in [4.69, 9.17) is 19.9 Å². The van der Waals surface area contributed by atoms with Crippen molar-refractivity contribution in [3.05, 3.63) is 236 Å². The molecule has 6 fully saturated rings. The Morgan fingerprint density at radius 3 is 0.908 bits per heavy atom. The van der Waals surface area contributed by atoms with Crippen LogP contribution in [0.1, 0.15) is 234 Å². The highest BCUT2D eigenvalue weighted by molar-refractivity contribution is 5.62. The van der Waals surface area contributed by atoms with E-state index in [1.807, 2.05) is 24.8 Å². The number of hydrogen-bond donors (Lipinski definition) is 4. The van der Waals surface area contributed by atoms with Crippen molar-refractivity contribution >= 4 is 22.7 Å². The van der Waals surface area contributed by atoms with Gasteiger partial charge in [-0.25, -0.2) is 0 Å². The molecule has 4 N–H and O–H groups in total. The monoisotopic (exact) mass is 1770 g/mol. The minimum atomic E-state index is 0. The highest BCUT2D eigenvalue weighted by Crippen LogP contribution is 2.42. The Morgan fingerprint density at radius 1 is 0.308 bits per heavy atom. The molecule has 4 aliphatic carbocycles. The minimum absolute atomic E-state index is 0. The minimum Gasteiger partial charge on any atom is -0.369 e. The molecule has 0 saturated carbocycles. The lowest BCUT2D eigenvalue weighted by Gasteiger charge is -2.45. The van der Waals surface area contributed by atoms with Gasteiger partial charge in [0.05, 0.1) is 46.9 Å². The summed E-state index contributed by atoms with van der Waals surface area (Å²) >= 11 is 0. The van der Waals surface area contributed by atoms with Crippen molar-refractivity contribution in [2.75, 3.05) is 180 Å². The van der Waals surface area contributed by atoms with E-state index in [0.717, 1.165) is 129 Å². The van der Waals surface area contributed by atoms with E-state index in [9.17, 15) is 0 Å². The first-order valence-corrected chi connectivity index (χ1v) is 49.5. The van der Waals surface area contributed by atoms with Crippen molar-refractivity contribution < 1.29 is 0 Å². The molecule has 12 atom stereocenters. The summed E-state index contributed by atoms with van der Waals surface area (Å²) in [5.74, 6) is 0. The Balaban J connectivity index is 0.000000132. The average Bonchev–Trinajstić information content (AvgIpc) is 1.23. The molecule has 10 aliphatic heterocycles. The van der Waals surface area contributed by atoms with E-state index < -0.39 is 0 Å². The summed E-state index contributed by atoms with van der Waals surface area (Å²) in [5, 5.41) is 15.3. The summed E-state index contributed by atoms with van der Waals surface area (Å²) in [6, 6.07) is 51.7. The standard InChI is InChI=1S/2C27H37N5.C27H39N5.C25H35N5.4CH4/c2*1-30(26-11-2-6-20-8-4-12-28-27(20)26)18-22-16-24-21(17-29-22)7-3-10-25(24)32-15-14-31-13-5-9-23(31)19-32;1-19-16-32(17-20(2)31(19)4)25-11-6-9-22-15-29-23(14-24(22)25)18-30(3)26-12-5-8-21-10-7-13-28-27(21)26;1-28-12-14-30(15-13-28)23-9-4-7-20-17-27-21(16-22(20)23)18-29(2)24-10-3-6-19-8-5-11-26-25(19)24;;;;/h2*3-4,7-8,10,12,22-23,26,29H,2,5-6,9,11,13-19H2,1H3;6-7,9-11,13,19-20,23,26,29H,5,8,12,14-18H2,1-4H3;4-5,7-9,11,21,24,27H,3,6,10,12-18H2,1-2H3;4*1H4/t22-,23+,26+;22-,23-,26+;19-,20+,23-,26+;21-,24+;;;;/m1111..../s1. The molecule has 20 nitrogen and oxygen atoms in total. The smallest absolute Gasteiger partial charge is 0.0607 e. The quantitative estimate of drug-likeness (QED) is 0.0729. The zero-order valence-electron chi connectivity index (χ0n) is 77.6. The van der Waals surface area contributed by atoms with Crippen molar-refractivity contribution in [2.45, 2.75) is 271 Å². The van der Waals surface area contributed by atoms with Gasteiger partial charge >= 0.3 is 0 Å². The van der Waals surface area contributed by atoms with Gasteiger partial charge in [-0.3, -0.25) is 54.2 Å². The highest BCUT2D eigenvalue weighted by Gasteiger charge is 2.40. The maximum absolute atomic E-state index is 4.78. The van der Waals surface area contributed by atoms with Crippen LogP contribution >= 0.6 is 0 Å². The van der Waals surface area contributed by atoms with Gasteiger partial charge in [-0.2, -0.15) is 0 Å². The van der Waals surface area contributed by atoms with Gasteiger partial charge in [0.25, 0.3) is 0 Å². The average molecular weight is 1770 g/mol. The molecule has 20 heteroatoms. The molecule has 6 saturated heterocycles. The zero-order chi connectivity index (χ0) is 85.7. The molecule has 22 rings (SSSR count). The number of hydrogen-bond acceptors (Lipinski definition) is 20. The maximum Gasteiger partial charge on any atom is 0.0607 e. The van der Waals surface area contributed by atoms with E-state index in [1.165, 1.54) is 245 Å². The number of likely N-dealkylation sites (N-methyl/N-ethyl adjacent to an activating group) is 6. The van der Waals surface area contributed by atoms with Gasteiger partial charge in [0.2, 0.25) is 0 Å². The second kappa shape index (κ2) is 44.6. The Morgan fingerprint density at radius 2 is 0.592 bits per heavy atom. The van der Waals surface area contributed by atoms with Crippen LogP contribution in [0.2, 0.25) is 0 Å². The normalized spacial score (nSPS) is 26.4. The lowest BCUT2D eigenvalue weighted by molar-refractivity contribution is 0.169. The third-order valence-electron chi connectivity index (χ3n) is 32.3. The van der Waals surface area contributed by atoms with E-state index in [2.05, 4.69) is 258 Å². The summed E-state index contributed by atoms with van der Waals surface area (Å²) < 4.78 is 0. The maximum atomic E-state index is 4.78. The molecule has 130 heavy (non-hydrogen) atoms. The van der Waals surface area contributed by atoms with Crippen LogP contribution in [0.4, 0.5) is 22.7 Å². The first-order valence-electron chi connectivity index (χ1n) is 49.5. The number of aromatic nitrogens is 4. The number of benzene rings is 4. The third-order valence-corrected chi connectivity index (χ3v) is 32.3. The lowest BCUT2D eigenvalue weighted by Crippen LogP contribution is -2.55. The Kier molecular flexibility index (Phi) is 33.2. The number of fused-ring (bicyclic) bond motifs is 10. The molecule has 8 aromatic rings. The number of anilines is 4. The van der Waals surface area contributed by atoms with Crippen LogP contribution in [0.3, 0.4) is 0 Å². The first-order chi connectivity index (χ1) is 61.7. The fraction of sp³-hybridized carbons (Fsp3) is 0.600. The van der Waals surface area contributed by atoms with E-state index in [0.29, 0.717) is 60.4 Å². The molecule has 14 heterocycles. The Labute approximate surface area is 784 Å². The number of piperazine rings is 4. The lowest BCUT2D eigenvalue weighted by atomic mass is 9.89. The summed E-state index contributed by atoms with van der Waals surface area (Å²) in [5.41, 5.74) is 29.3. The topological polar surface area (TPSA) is 139 Å². The van der Waals surface area contributed by atoms with Crippen molar-refractivity contribution in [3.8, 4) is 0 Å². The second-order valence-corrected chi connectivity index (χ2v) is 40.5. The molecule has 0 amide bonds. The SMILES string of the molecule is C.C.C.C.CN(C[C@H]1Cc2c(cccc2N2CCN3CCC[C@@H]3C2)CN1)[C@H]1CCCc2cccnc21.CN(C[C@H]1Cc2c(cccc2N2CCN3CCC[C@H]3C2)CN1)[C@H]1CCCc2cccnc21.CN1CCN(c2cccc3c2C[C@H](CN(C)[C@H]2CCCc4cccnc42)NC3)CC1.C[C@@H]1CN(c2cccc3c2C[C@H](CN(C)[C@H]2CCCc4cccnc42)NC3)C[C@H](C)N1C. The summed E-state index contributed by atoms with van der Waals surface area (Å²) in [7, 11) is 13.7. The van der Waals surface area contributed by atoms with Crippen molar-refractivity contribution in [2.24, 2.45) is 0 Å². The fourth-order valence-electron chi connectivity index (χ4n) is 25.1. The highest BCUT2D eigenvalue weighted by atomic mass is 15.3. The van der Waals surface area contributed by atoms with Gasteiger partial charge in [0, 0.05) is 227 Å². The molecule has 0 radical (unpaired) electrons. The summed E-state index contributed by atoms with van der Waals surface area (Å²) in [6.07, 6.45) is 32.5. The van der Waals surface area contributed by atoms with Gasteiger partial charge in [-0.05, 0) is 313 Å². The Bertz CT molecular complexity index is 4780. The van der Waals surface area contributed by atoms with Crippen molar-refractivity contribution in [1.29, 1.82) is 0 Å². The number of aryl methyl sites for hydroxylation is 4. The molecule has 4 aromatic heterocycles. The Hall–Kier alpha value is -7.80. The van der Waals surface area contributed by atoms with E-state index in [1.54, 1.807) is 22.3 Å². The number of nitrogens with one attached hydrogen (secondary N) is 4. The number of pyridine rings is 4. The fourth-order valence-corrected chi connectivity index (χ4v) is 25.1. The molecular weight excluding hydrogens is 1600 g/mol. The van der Waals surface area contributed by atoms with Gasteiger partial charge < -0.3 is 45.8 Å². The number of rotatable bonds is 16. The predicted molar refractivity (Wildman–Crippen MR) is 542 cm³/mol. The third kappa shape index (κ3) is 21.8. The molecule has 0 bridgehead atoms. The molecule has 0 spiro atoms. The second-order valence-electron chi connectivity index (χ2n) is 40.5. The van der Waals surface area contributed by atoms with Crippen molar-refractivity contribution in [3.63, 3.8) is 0 Å². The molecule has 4 aromatic carbocycles.